The first-order chi connectivity index (χ1) is 4.86. The van der Waals surface area contributed by atoms with E-state index < -0.39 is 0 Å². The Labute approximate surface area is 61.7 Å². The van der Waals surface area contributed by atoms with E-state index in [9.17, 15) is 0 Å². The molecule has 0 aromatic rings. The quantitative estimate of drug-likeness (QED) is 0.608. The number of hydrogen-bond donors (Lipinski definition) is 1. The minimum absolute atomic E-state index is 0.0320. The molecule has 0 amide bonds. The Morgan fingerprint density at radius 1 is 1.50 bits per heavy atom. The summed E-state index contributed by atoms with van der Waals surface area (Å²) in [5.41, 5.74) is 0. The Bertz CT molecular complexity index is 77.6. The van der Waals surface area contributed by atoms with Crippen LogP contribution >= 0.6 is 0 Å². The molecule has 0 spiro atoms. The van der Waals surface area contributed by atoms with Gasteiger partial charge in [0.1, 0.15) is 0 Å². The molecule has 0 radical (unpaired) electrons. The maximum atomic E-state index is 5.35. The normalized spacial score (nSPS) is 34.2. The molecule has 3 nitrogen and oxygen atoms in total. The Morgan fingerprint density at radius 3 is 2.70 bits per heavy atom. The van der Waals surface area contributed by atoms with Crippen LogP contribution in [0, 0.1) is 0 Å². The van der Waals surface area contributed by atoms with E-state index >= 15 is 0 Å². The van der Waals surface area contributed by atoms with Crippen molar-refractivity contribution < 1.29 is 9.47 Å². The van der Waals surface area contributed by atoms with Gasteiger partial charge in [-0.25, -0.2) is 0 Å². The number of nitrogens with one attached hydrogen (secondary N) is 1. The molecule has 0 bridgehead atoms. The molecule has 1 rings (SSSR count). The summed E-state index contributed by atoms with van der Waals surface area (Å²) in [5.74, 6) is 0. The minimum atomic E-state index is 0.0320. The highest BCUT2D eigenvalue weighted by Crippen LogP contribution is 2.12. The summed E-state index contributed by atoms with van der Waals surface area (Å²) in [6.07, 6.45) is 2.18. The monoisotopic (exact) mass is 145 g/mol. The Morgan fingerprint density at radius 2 is 2.30 bits per heavy atom. The van der Waals surface area contributed by atoms with Gasteiger partial charge < -0.3 is 14.8 Å². The van der Waals surface area contributed by atoms with Crippen LogP contribution in [0.5, 0.6) is 0 Å². The van der Waals surface area contributed by atoms with Gasteiger partial charge in [-0.1, -0.05) is 0 Å². The van der Waals surface area contributed by atoms with Crippen LogP contribution in [-0.2, 0) is 9.47 Å². The predicted molar refractivity (Wildman–Crippen MR) is 38.8 cm³/mol. The molecule has 2 atom stereocenters. The third-order valence-electron chi connectivity index (χ3n) is 1.91. The van der Waals surface area contributed by atoms with Crippen molar-refractivity contribution in [3.63, 3.8) is 0 Å². The lowest BCUT2D eigenvalue weighted by atomic mass is 10.1. The molecule has 1 unspecified atom stereocenters. The van der Waals surface area contributed by atoms with Gasteiger partial charge in [0.15, 0.2) is 6.29 Å². The third kappa shape index (κ3) is 1.94. The van der Waals surface area contributed by atoms with Crippen LogP contribution in [0.25, 0.3) is 0 Å². The van der Waals surface area contributed by atoms with Gasteiger partial charge in [0.25, 0.3) is 0 Å². The van der Waals surface area contributed by atoms with Crippen LogP contribution in [0.4, 0.5) is 0 Å². The summed E-state index contributed by atoms with van der Waals surface area (Å²) < 4.78 is 10.4. The lowest BCUT2D eigenvalue weighted by Gasteiger charge is -2.27. The number of rotatable bonds is 2. The number of ether oxygens (including phenoxy) is 2. The zero-order valence-corrected chi connectivity index (χ0v) is 6.59. The van der Waals surface area contributed by atoms with Gasteiger partial charge >= 0.3 is 0 Å². The molecule has 1 aliphatic heterocycles. The first-order valence-corrected chi connectivity index (χ1v) is 3.68. The van der Waals surface area contributed by atoms with E-state index in [0.29, 0.717) is 6.04 Å². The highest BCUT2D eigenvalue weighted by Gasteiger charge is 2.19. The highest BCUT2D eigenvalue weighted by atomic mass is 16.7. The van der Waals surface area contributed by atoms with Gasteiger partial charge in [0, 0.05) is 13.2 Å². The SMILES string of the molecule is CNC1CC[C@@H](OC)OC1. The topological polar surface area (TPSA) is 30.5 Å². The summed E-state index contributed by atoms with van der Waals surface area (Å²) in [7, 11) is 3.64. The molecule has 0 aromatic carbocycles. The second kappa shape index (κ2) is 3.91. The molecule has 1 heterocycles. The first kappa shape index (κ1) is 7.98. The van der Waals surface area contributed by atoms with Crippen molar-refractivity contribution in [2.75, 3.05) is 20.8 Å². The van der Waals surface area contributed by atoms with Crippen molar-refractivity contribution in [3.05, 3.63) is 0 Å². The molecule has 60 valence electrons. The molecular weight excluding hydrogens is 130 g/mol. The van der Waals surface area contributed by atoms with E-state index in [2.05, 4.69) is 5.32 Å². The van der Waals surface area contributed by atoms with Crippen LogP contribution in [0.3, 0.4) is 0 Å². The Hall–Kier alpha value is -0.120. The molecule has 1 N–H and O–H groups in total. The summed E-state index contributed by atoms with van der Waals surface area (Å²) in [6.45, 7) is 0.773. The largest absolute Gasteiger partial charge is 0.356 e. The fourth-order valence-electron chi connectivity index (χ4n) is 1.14. The van der Waals surface area contributed by atoms with E-state index in [1.54, 1.807) is 7.11 Å². The van der Waals surface area contributed by atoms with Gasteiger partial charge in [-0.15, -0.1) is 0 Å². The maximum absolute atomic E-state index is 5.35. The van der Waals surface area contributed by atoms with E-state index in [1.807, 2.05) is 7.05 Å². The molecule has 10 heavy (non-hydrogen) atoms. The fraction of sp³-hybridized carbons (Fsp3) is 1.00. The lowest BCUT2D eigenvalue weighted by molar-refractivity contribution is -0.152. The standard InChI is InChI=1S/C7H15NO2/c1-8-6-3-4-7(9-2)10-5-6/h6-8H,3-5H2,1-2H3/t6?,7-/m0/s1. The number of likely N-dealkylation sites (N-methyl/N-ethyl adjacent to an activating group) is 1. The second-order valence-corrected chi connectivity index (χ2v) is 2.56. The van der Waals surface area contributed by atoms with Crippen LogP contribution in [0.1, 0.15) is 12.8 Å². The molecule has 1 saturated heterocycles. The zero-order chi connectivity index (χ0) is 7.40. The van der Waals surface area contributed by atoms with Crippen LogP contribution in [0.2, 0.25) is 0 Å². The van der Waals surface area contributed by atoms with Gasteiger partial charge in [0.05, 0.1) is 6.61 Å². The van der Waals surface area contributed by atoms with Crippen LogP contribution in [0.15, 0.2) is 0 Å². The van der Waals surface area contributed by atoms with Gasteiger partial charge in [-0.2, -0.15) is 0 Å². The number of hydrogen-bond acceptors (Lipinski definition) is 3. The van der Waals surface area contributed by atoms with Crippen LogP contribution in [-0.4, -0.2) is 33.1 Å². The van der Waals surface area contributed by atoms with Crippen molar-refractivity contribution in [3.8, 4) is 0 Å². The third-order valence-corrected chi connectivity index (χ3v) is 1.91. The summed E-state index contributed by atoms with van der Waals surface area (Å²) in [4.78, 5) is 0. The molecule has 1 fully saturated rings. The Kier molecular flexibility index (Phi) is 3.12. The lowest BCUT2D eigenvalue weighted by Crippen LogP contribution is -2.38. The zero-order valence-electron chi connectivity index (χ0n) is 6.59. The van der Waals surface area contributed by atoms with E-state index in [0.717, 1.165) is 19.4 Å². The maximum Gasteiger partial charge on any atom is 0.157 e. The predicted octanol–water partition coefficient (Wildman–Crippen LogP) is 0.357. The van der Waals surface area contributed by atoms with Gasteiger partial charge in [-0.05, 0) is 19.9 Å². The minimum Gasteiger partial charge on any atom is -0.356 e. The van der Waals surface area contributed by atoms with Crippen molar-refractivity contribution >= 4 is 0 Å². The number of methoxy groups -OCH3 is 1. The average Bonchev–Trinajstić information content (AvgIpc) is 2.05. The van der Waals surface area contributed by atoms with Crippen molar-refractivity contribution in [2.24, 2.45) is 0 Å². The summed E-state index contributed by atoms with van der Waals surface area (Å²) in [6, 6.07) is 0.520. The first-order valence-electron chi connectivity index (χ1n) is 3.68. The molecule has 1 aliphatic rings. The second-order valence-electron chi connectivity index (χ2n) is 2.56. The van der Waals surface area contributed by atoms with Crippen molar-refractivity contribution in [1.29, 1.82) is 0 Å². The smallest absolute Gasteiger partial charge is 0.157 e. The van der Waals surface area contributed by atoms with Crippen molar-refractivity contribution in [2.45, 2.75) is 25.2 Å². The van der Waals surface area contributed by atoms with Crippen LogP contribution < -0.4 is 5.32 Å². The summed E-state index contributed by atoms with van der Waals surface area (Å²) >= 11 is 0. The summed E-state index contributed by atoms with van der Waals surface area (Å²) in [5, 5.41) is 3.17. The Balaban J connectivity index is 2.17. The van der Waals surface area contributed by atoms with Crippen molar-refractivity contribution in [1.82, 2.24) is 5.32 Å². The van der Waals surface area contributed by atoms with Gasteiger partial charge in [0.2, 0.25) is 0 Å². The molecular formula is C7H15NO2. The van der Waals surface area contributed by atoms with E-state index in [4.69, 9.17) is 9.47 Å². The average molecular weight is 145 g/mol. The molecule has 0 saturated carbocycles. The molecule has 0 aliphatic carbocycles. The highest BCUT2D eigenvalue weighted by molar-refractivity contribution is 4.69. The van der Waals surface area contributed by atoms with Gasteiger partial charge in [-0.3, -0.25) is 0 Å². The van der Waals surface area contributed by atoms with E-state index in [-0.39, 0.29) is 6.29 Å². The molecule has 0 aromatic heterocycles. The van der Waals surface area contributed by atoms with E-state index in [1.165, 1.54) is 0 Å². The molecule has 3 heteroatoms. The fourth-order valence-corrected chi connectivity index (χ4v) is 1.14.